The van der Waals surface area contributed by atoms with Crippen molar-refractivity contribution in [2.45, 2.75) is 32.4 Å². The zero-order chi connectivity index (χ0) is 14.8. The highest BCUT2D eigenvalue weighted by molar-refractivity contribution is 5.98. The maximum Gasteiger partial charge on any atom is 0.408 e. The molecule has 0 bridgehead atoms. The van der Waals surface area contributed by atoms with Crippen LogP contribution in [0.5, 0.6) is 5.75 Å². The van der Waals surface area contributed by atoms with E-state index in [1.165, 1.54) is 0 Å². The van der Waals surface area contributed by atoms with Crippen molar-refractivity contribution >= 4 is 17.7 Å². The fourth-order valence-corrected chi connectivity index (χ4v) is 1.72. The van der Waals surface area contributed by atoms with E-state index in [-0.39, 0.29) is 15.4 Å². The Bertz CT molecular complexity index is 532. The molecule has 20 heavy (non-hydrogen) atoms. The average molecular weight is 282 g/mol. The summed E-state index contributed by atoms with van der Waals surface area (Å²) in [4.78, 5) is 23.7. The number of hydrogen-bond acceptors (Lipinski definition) is 4. The first-order chi connectivity index (χ1) is 9.35. The number of carbonyl (C=O) groups excluding carboxylic acids is 2. The summed E-state index contributed by atoms with van der Waals surface area (Å²) in [5.41, 5.74) is -0.0271. The van der Waals surface area contributed by atoms with Crippen molar-refractivity contribution < 1.29 is 21.9 Å². The maximum absolute atomic E-state index is 12.0. The minimum atomic E-state index is -0.794. The molecule has 0 saturated heterocycles. The fourth-order valence-electron chi connectivity index (χ4n) is 1.72. The van der Waals surface area contributed by atoms with Gasteiger partial charge in [0, 0.05) is 2.85 Å². The zero-order valence-corrected chi connectivity index (χ0v) is 11.7. The van der Waals surface area contributed by atoms with Crippen LogP contribution in [0.2, 0.25) is 0 Å². The van der Waals surface area contributed by atoms with Gasteiger partial charge in [0.25, 0.3) is 5.91 Å². The molecule has 0 aliphatic carbocycles. The molecular formula is C14H22N2O4. The van der Waals surface area contributed by atoms with E-state index in [2.05, 4.69) is 10.6 Å². The summed E-state index contributed by atoms with van der Waals surface area (Å²) in [6.07, 6.45) is -0.646. The van der Waals surface area contributed by atoms with Crippen LogP contribution in [0.25, 0.3) is 0 Å². The lowest BCUT2D eigenvalue weighted by molar-refractivity contribution is -0.118. The number of carbonyl (C=O) groups is 2. The number of ether oxygens (including phenoxy) is 2. The van der Waals surface area contributed by atoms with Crippen molar-refractivity contribution in [1.82, 2.24) is 5.32 Å². The van der Waals surface area contributed by atoms with Crippen LogP contribution in [0.4, 0.5) is 10.5 Å². The van der Waals surface area contributed by atoms with E-state index in [0.717, 1.165) is 0 Å². The van der Waals surface area contributed by atoms with Crippen molar-refractivity contribution in [2.24, 2.45) is 0 Å². The van der Waals surface area contributed by atoms with E-state index >= 15 is 0 Å². The van der Waals surface area contributed by atoms with Crippen LogP contribution in [-0.4, -0.2) is 30.3 Å². The molecule has 1 atom stereocenters. The summed E-state index contributed by atoms with van der Waals surface area (Å²) in [6, 6.07) is 6.31. The second kappa shape index (κ2) is 5.40. The summed E-state index contributed by atoms with van der Waals surface area (Å²) < 4.78 is 10.6. The number of anilines is 1. The van der Waals surface area contributed by atoms with Gasteiger partial charge in [0.2, 0.25) is 0 Å². The first kappa shape index (κ1) is 14.2. The smallest absolute Gasteiger partial charge is 0.408 e. The topological polar surface area (TPSA) is 76.7 Å². The molecule has 1 aromatic rings. The predicted molar refractivity (Wildman–Crippen MR) is 78.0 cm³/mol. The van der Waals surface area contributed by atoms with E-state index in [9.17, 15) is 9.59 Å². The summed E-state index contributed by atoms with van der Waals surface area (Å²) in [7, 11) is 0. The molecule has 0 aromatic heterocycles. The normalized spacial score (nSPS) is 18.1. The molecule has 6 nitrogen and oxygen atoms in total. The zero-order valence-electron chi connectivity index (χ0n) is 11.7. The Hall–Kier alpha value is -2.24. The summed E-state index contributed by atoms with van der Waals surface area (Å²) in [5, 5.41) is 5.21. The summed E-state index contributed by atoms with van der Waals surface area (Å²) in [6.45, 7) is 5.33. The third kappa shape index (κ3) is 3.63. The summed E-state index contributed by atoms with van der Waals surface area (Å²) >= 11 is 0. The quantitative estimate of drug-likeness (QED) is 0.829. The van der Waals surface area contributed by atoms with E-state index in [1.54, 1.807) is 39.0 Å². The second-order valence-electron chi connectivity index (χ2n) is 5.50. The standard InChI is InChI=1S/C14H18N2O4.2H2/c1-14(2,3)20-13(18)16-10-8-19-11-7-5-4-6-9(11)15-12(10)17;;/h4-7,10H,8H2,1-3H3,(H,15,17)(H,16,18);2*1H/t10-;;/m0../s1. The van der Waals surface area contributed by atoms with Gasteiger partial charge in [-0.1, -0.05) is 12.1 Å². The van der Waals surface area contributed by atoms with Gasteiger partial charge in [-0.05, 0) is 32.9 Å². The van der Waals surface area contributed by atoms with Gasteiger partial charge < -0.3 is 20.1 Å². The molecule has 1 aliphatic rings. The van der Waals surface area contributed by atoms with Gasteiger partial charge in [0.1, 0.15) is 24.0 Å². The molecule has 0 fully saturated rings. The number of benzene rings is 1. The first-order valence-corrected chi connectivity index (χ1v) is 6.37. The second-order valence-corrected chi connectivity index (χ2v) is 5.50. The lowest BCUT2D eigenvalue weighted by Crippen LogP contribution is -2.48. The molecular weight excluding hydrogens is 260 g/mol. The molecule has 2 amide bonds. The molecule has 1 aliphatic heterocycles. The number of fused-ring (bicyclic) bond motifs is 1. The van der Waals surface area contributed by atoms with Crippen LogP contribution in [-0.2, 0) is 9.53 Å². The third-order valence-electron chi connectivity index (χ3n) is 2.56. The highest BCUT2D eigenvalue weighted by atomic mass is 16.6. The van der Waals surface area contributed by atoms with Gasteiger partial charge in [0.05, 0.1) is 5.69 Å². The molecule has 6 heteroatoms. The van der Waals surface area contributed by atoms with E-state index < -0.39 is 17.7 Å². The molecule has 2 rings (SSSR count). The van der Waals surface area contributed by atoms with E-state index in [4.69, 9.17) is 9.47 Å². The number of rotatable bonds is 1. The van der Waals surface area contributed by atoms with Gasteiger partial charge in [-0.2, -0.15) is 0 Å². The highest BCUT2D eigenvalue weighted by Crippen LogP contribution is 2.26. The molecule has 0 radical (unpaired) electrons. The third-order valence-corrected chi connectivity index (χ3v) is 2.56. The minimum absolute atomic E-state index is 0. The van der Waals surface area contributed by atoms with Crippen LogP contribution >= 0.6 is 0 Å². The van der Waals surface area contributed by atoms with Crippen LogP contribution < -0.4 is 15.4 Å². The van der Waals surface area contributed by atoms with E-state index in [0.29, 0.717) is 11.4 Å². The van der Waals surface area contributed by atoms with Gasteiger partial charge >= 0.3 is 6.09 Å². The van der Waals surface area contributed by atoms with Crippen molar-refractivity contribution in [3.8, 4) is 5.75 Å². The Morgan fingerprint density at radius 2 is 2.15 bits per heavy atom. The number of alkyl carbamates (subject to hydrolysis) is 1. The van der Waals surface area contributed by atoms with Crippen LogP contribution in [0.15, 0.2) is 24.3 Å². The lowest BCUT2D eigenvalue weighted by Gasteiger charge is -2.22. The van der Waals surface area contributed by atoms with Gasteiger partial charge in [-0.25, -0.2) is 4.79 Å². The average Bonchev–Trinajstić information content (AvgIpc) is 2.47. The SMILES string of the molecule is CC(C)(C)OC(=O)N[C@H]1COc2ccccc2NC1=O.[HH].[HH]. The Labute approximate surface area is 120 Å². The molecule has 0 spiro atoms. The van der Waals surface area contributed by atoms with Crippen molar-refractivity contribution in [3.63, 3.8) is 0 Å². The predicted octanol–water partition coefficient (Wildman–Crippen LogP) is 2.40. The number of para-hydroxylation sites is 2. The van der Waals surface area contributed by atoms with Gasteiger partial charge in [-0.3, -0.25) is 4.79 Å². The lowest BCUT2D eigenvalue weighted by atomic mass is 10.2. The Morgan fingerprint density at radius 3 is 2.85 bits per heavy atom. The number of hydrogen-bond donors (Lipinski definition) is 2. The Kier molecular flexibility index (Phi) is 3.83. The maximum atomic E-state index is 12.0. The Balaban J connectivity index is 0.00000220. The molecule has 1 aromatic carbocycles. The van der Waals surface area contributed by atoms with Crippen molar-refractivity contribution in [1.29, 1.82) is 0 Å². The number of amides is 2. The Morgan fingerprint density at radius 1 is 1.45 bits per heavy atom. The molecule has 1 heterocycles. The molecule has 0 saturated carbocycles. The van der Waals surface area contributed by atoms with Crippen LogP contribution in [0.3, 0.4) is 0 Å². The molecule has 112 valence electrons. The fraction of sp³-hybridized carbons (Fsp3) is 0.429. The van der Waals surface area contributed by atoms with Crippen molar-refractivity contribution in [3.05, 3.63) is 24.3 Å². The largest absolute Gasteiger partial charge is 0.489 e. The van der Waals surface area contributed by atoms with Gasteiger partial charge in [0.15, 0.2) is 0 Å². The first-order valence-electron chi connectivity index (χ1n) is 6.37. The monoisotopic (exact) mass is 282 g/mol. The summed E-state index contributed by atoms with van der Waals surface area (Å²) in [5.74, 6) is 0.246. The van der Waals surface area contributed by atoms with Crippen LogP contribution in [0, 0.1) is 0 Å². The number of nitrogens with one attached hydrogen (secondary N) is 2. The highest BCUT2D eigenvalue weighted by Gasteiger charge is 2.28. The molecule has 0 unspecified atom stereocenters. The van der Waals surface area contributed by atoms with Gasteiger partial charge in [-0.15, -0.1) is 0 Å². The van der Waals surface area contributed by atoms with Crippen molar-refractivity contribution in [2.75, 3.05) is 11.9 Å². The van der Waals surface area contributed by atoms with E-state index in [1.807, 2.05) is 6.07 Å². The van der Waals surface area contributed by atoms with Crippen LogP contribution in [0.1, 0.15) is 23.6 Å². The molecule has 2 N–H and O–H groups in total. The minimum Gasteiger partial charge on any atom is -0.489 e.